The lowest BCUT2D eigenvalue weighted by atomic mass is 10.1. The highest BCUT2D eigenvalue weighted by molar-refractivity contribution is 7.45. The van der Waals surface area contributed by atoms with Crippen molar-refractivity contribution in [2.75, 3.05) is 54.1 Å². The Bertz CT molecular complexity index is 726. The lowest BCUT2D eigenvalue weighted by molar-refractivity contribution is -0.870. The Morgan fingerprint density at radius 1 is 0.682 bits per heavy atom. The summed E-state index contributed by atoms with van der Waals surface area (Å²) in [7, 11) is 1.36. The van der Waals surface area contributed by atoms with Gasteiger partial charge in [-0.2, -0.15) is 0 Å². The van der Waals surface area contributed by atoms with E-state index in [1.165, 1.54) is 96.3 Å². The van der Waals surface area contributed by atoms with Crippen molar-refractivity contribution in [3.8, 4) is 0 Å². The number of unbranched alkanes of at least 4 members (excludes halogenated alkanes) is 17. The molecule has 0 radical (unpaired) electrons. The number of phosphoric acid groups is 1. The largest absolute Gasteiger partial charge is 0.756 e. The molecular weight excluding hydrogens is 577 g/mol. The molecule has 0 N–H and O–H groups in total. The predicted molar refractivity (Wildman–Crippen MR) is 181 cm³/mol. The summed E-state index contributed by atoms with van der Waals surface area (Å²) in [6.45, 7) is 5.33. The number of carbonyl (C=O) groups excluding carboxylic acids is 1. The van der Waals surface area contributed by atoms with Gasteiger partial charge in [0.25, 0.3) is 7.82 Å². The van der Waals surface area contributed by atoms with E-state index in [1.807, 2.05) is 21.1 Å². The number of rotatable bonds is 33. The highest BCUT2D eigenvalue weighted by Crippen LogP contribution is 2.38. The van der Waals surface area contributed by atoms with Crippen LogP contribution in [0, 0.1) is 0 Å². The quantitative estimate of drug-likeness (QED) is 0.0231. The summed E-state index contributed by atoms with van der Waals surface area (Å²) in [4.78, 5) is 24.8. The van der Waals surface area contributed by atoms with Gasteiger partial charge in [0.15, 0.2) is 0 Å². The predicted octanol–water partition coefficient (Wildman–Crippen LogP) is 8.91. The minimum Gasteiger partial charge on any atom is -0.756 e. The molecule has 9 heteroatoms. The molecular formula is C35H70NO7P. The number of esters is 1. The van der Waals surface area contributed by atoms with Crippen molar-refractivity contribution in [1.29, 1.82) is 0 Å². The lowest BCUT2D eigenvalue weighted by Crippen LogP contribution is -2.37. The van der Waals surface area contributed by atoms with E-state index >= 15 is 0 Å². The second kappa shape index (κ2) is 29.6. The molecule has 0 aromatic heterocycles. The van der Waals surface area contributed by atoms with Crippen LogP contribution in [0.5, 0.6) is 0 Å². The maximum Gasteiger partial charge on any atom is 0.306 e. The van der Waals surface area contributed by atoms with Crippen molar-refractivity contribution in [3.05, 3.63) is 12.2 Å². The molecule has 0 aliphatic carbocycles. The van der Waals surface area contributed by atoms with Crippen molar-refractivity contribution < 1.29 is 37.3 Å². The minimum absolute atomic E-state index is 0.0274. The fraction of sp³-hybridized carbons (Fsp3) is 0.914. The molecule has 0 aromatic carbocycles. The van der Waals surface area contributed by atoms with E-state index in [0.717, 1.165) is 32.1 Å². The van der Waals surface area contributed by atoms with Crippen LogP contribution in [0.4, 0.5) is 0 Å². The van der Waals surface area contributed by atoms with Crippen molar-refractivity contribution >= 4 is 13.8 Å². The fourth-order valence-electron chi connectivity index (χ4n) is 4.72. The number of hydrogen-bond acceptors (Lipinski definition) is 7. The summed E-state index contributed by atoms with van der Waals surface area (Å²) in [6.07, 6.45) is 27.8. The number of hydrogen-bond donors (Lipinski definition) is 0. The standard InChI is InChI=1S/C35H70NO7P/c1-6-8-10-12-14-16-18-20-22-24-26-28-35(37)43-34(33-42-44(38,39)41-31-29-36(3,4)5)32-40-30-27-25-23-21-19-17-15-13-11-9-7-2/h11,13,34H,6-10,12,14-33H2,1-5H3/b13-11-. The molecule has 0 amide bonds. The molecule has 0 saturated heterocycles. The molecule has 0 spiro atoms. The zero-order valence-electron chi connectivity index (χ0n) is 29.4. The Morgan fingerprint density at radius 3 is 1.82 bits per heavy atom. The molecule has 8 nitrogen and oxygen atoms in total. The lowest BCUT2D eigenvalue weighted by Gasteiger charge is -2.28. The fourth-order valence-corrected chi connectivity index (χ4v) is 5.45. The molecule has 0 rings (SSSR count). The maximum absolute atomic E-state index is 12.5. The van der Waals surface area contributed by atoms with Crippen molar-refractivity contribution in [2.45, 2.75) is 155 Å². The monoisotopic (exact) mass is 647 g/mol. The number of carbonyl (C=O) groups is 1. The number of phosphoric ester groups is 1. The third-order valence-corrected chi connectivity index (χ3v) is 8.51. The highest BCUT2D eigenvalue weighted by Gasteiger charge is 2.20. The Labute approximate surface area is 271 Å². The summed E-state index contributed by atoms with van der Waals surface area (Å²) in [5, 5.41) is 0. The van der Waals surface area contributed by atoms with E-state index < -0.39 is 13.9 Å². The van der Waals surface area contributed by atoms with E-state index in [-0.39, 0.29) is 25.8 Å². The summed E-state index contributed by atoms with van der Waals surface area (Å²) in [6, 6.07) is 0. The molecule has 262 valence electrons. The van der Waals surface area contributed by atoms with Crippen LogP contribution in [0.25, 0.3) is 0 Å². The van der Waals surface area contributed by atoms with Crippen LogP contribution in [-0.4, -0.2) is 70.7 Å². The van der Waals surface area contributed by atoms with Gasteiger partial charge >= 0.3 is 5.97 Å². The molecule has 0 aliphatic heterocycles. The average molecular weight is 648 g/mol. The van der Waals surface area contributed by atoms with Crippen LogP contribution in [-0.2, 0) is 27.9 Å². The molecule has 2 atom stereocenters. The number of allylic oxidation sites excluding steroid dienone is 2. The van der Waals surface area contributed by atoms with Crippen LogP contribution in [0.2, 0.25) is 0 Å². The van der Waals surface area contributed by atoms with Crippen LogP contribution in [0.15, 0.2) is 12.2 Å². The topological polar surface area (TPSA) is 94.1 Å². The number of nitrogens with zero attached hydrogens (tertiary/aromatic N) is 1. The Kier molecular flexibility index (Phi) is 29.1. The van der Waals surface area contributed by atoms with Crippen molar-refractivity contribution in [3.63, 3.8) is 0 Å². The first-order valence-corrected chi connectivity index (χ1v) is 19.4. The van der Waals surface area contributed by atoms with Gasteiger partial charge in [-0.15, -0.1) is 0 Å². The summed E-state index contributed by atoms with van der Waals surface area (Å²) < 4.78 is 34.3. The second-order valence-corrected chi connectivity index (χ2v) is 14.6. The van der Waals surface area contributed by atoms with E-state index in [4.69, 9.17) is 18.5 Å². The van der Waals surface area contributed by atoms with Gasteiger partial charge < -0.3 is 27.9 Å². The van der Waals surface area contributed by atoms with Crippen LogP contribution in [0.3, 0.4) is 0 Å². The molecule has 0 saturated carbocycles. The Morgan fingerprint density at radius 2 is 1.23 bits per heavy atom. The van der Waals surface area contributed by atoms with Crippen molar-refractivity contribution in [1.82, 2.24) is 0 Å². The second-order valence-electron chi connectivity index (χ2n) is 13.2. The first kappa shape index (κ1) is 43.2. The van der Waals surface area contributed by atoms with Gasteiger partial charge in [0.1, 0.15) is 19.3 Å². The maximum atomic E-state index is 12.5. The number of quaternary nitrogens is 1. The summed E-state index contributed by atoms with van der Waals surface area (Å²) in [5.74, 6) is -0.339. The van der Waals surface area contributed by atoms with Gasteiger partial charge in [-0.25, -0.2) is 0 Å². The molecule has 0 fully saturated rings. The molecule has 44 heavy (non-hydrogen) atoms. The van der Waals surface area contributed by atoms with Gasteiger partial charge in [-0.3, -0.25) is 9.36 Å². The SMILES string of the molecule is CCC/C=C\CCCCCCCCOCC(COP(=O)([O-])OCC[N+](C)(C)C)OC(=O)CCCCCCCCCCCCC. The molecule has 0 aliphatic rings. The number of ether oxygens (including phenoxy) is 2. The molecule has 0 heterocycles. The van der Waals surface area contributed by atoms with E-state index in [9.17, 15) is 14.3 Å². The van der Waals surface area contributed by atoms with Gasteiger partial charge in [-0.1, -0.05) is 122 Å². The van der Waals surface area contributed by atoms with Gasteiger partial charge in [-0.05, 0) is 32.1 Å². The first-order chi connectivity index (χ1) is 21.1. The summed E-state index contributed by atoms with van der Waals surface area (Å²) in [5.41, 5.74) is 0. The van der Waals surface area contributed by atoms with Crippen LogP contribution >= 0.6 is 7.82 Å². The average Bonchev–Trinajstić information content (AvgIpc) is 2.96. The van der Waals surface area contributed by atoms with E-state index in [2.05, 4.69) is 26.0 Å². The van der Waals surface area contributed by atoms with Crippen LogP contribution < -0.4 is 4.89 Å². The zero-order valence-corrected chi connectivity index (χ0v) is 30.3. The normalized spacial score (nSPS) is 14.2. The Balaban J connectivity index is 4.33. The third-order valence-electron chi connectivity index (χ3n) is 7.55. The van der Waals surface area contributed by atoms with E-state index in [0.29, 0.717) is 24.1 Å². The van der Waals surface area contributed by atoms with Gasteiger partial charge in [0.05, 0.1) is 34.4 Å². The zero-order chi connectivity index (χ0) is 32.8. The smallest absolute Gasteiger partial charge is 0.306 e. The van der Waals surface area contributed by atoms with Crippen molar-refractivity contribution in [2.24, 2.45) is 0 Å². The third kappa shape index (κ3) is 32.6. The number of likely N-dealkylation sites (N-methyl/N-ethyl adjacent to an activating group) is 1. The Hall–Kier alpha value is -0.760. The van der Waals surface area contributed by atoms with Gasteiger partial charge in [0.2, 0.25) is 0 Å². The van der Waals surface area contributed by atoms with Crippen LogP contribution in [0.1, 0.15) is 149 Å². The summed E-state index contributed by atoms with van der Waals surface area (Å²) >= 11 is 0. The minimum atomic E-state index is -4.51. The highest BCUT2D eigenvalue weighted by atomic mass is 31.2. The van der Waals surface area contributed by atoms with Gasteiger partial charge in [0, 0.05) is 13.0 Å². The van der Waals surface area contributed by atoms with E-state index in [1.54, 1.807) is 0 Å². The molecule has 2 unspecified atom stereocenters. The molecule has 0 bridgehead atoms. The molecule has 0 aromatic rings. The first-order valence-electron chi connectivity index (χ1n) is 17.9.